The van der Waals surface area contributed by atoms with Gasteiger partial charge in [-0.1, -0.05) is 19.3 Å². The fraction of sp³-hybridized carbons (Fsp3) is 0.560. The largest absolute Gasteiger partial charge is 0.351 e. The van der Waals surface area contributed by atoms with Crippen LogP contribution in [0.4, 0.5) is 16.3 Å². The van der Waals surface area contributed by atoms with E-state index >= 15 is 0 Å². The van der Waals surface area contributed by atoms with Gasteiger partial charge in [0.25, 0.3) is 0 Å². The summed E-state index contributed by atoms with van der Waals surface area (Å²) in [5.74, 6) is 0.893. The summed E-state index contributed by atoms with van der Waals surface area (Å²) in [4.78, 5) is 30.3. The molecule has 34 heavy (non-hydrogen) atoms. The van der Waals surface area contributed by atoms with Gasteiger partial charge in [-0.3, -0.25) is 4.79 Å². The number of aromatic nitrogens is 5. The third-order valence-electron chi connectivity index (χ3n) is 7.92. The van der Waals surface area contributed by atoms with E-state index < -0.39 is 5.82 Å². The fourth-order valence-corrected chi connectivity index (χ4v) is 6.15. The number of hydrogen-bond donors (Lipinski definition) is 2. The van der Waals surface area contributed by atoms with Crippen LogP contribution in [0.3, 0.4) is 0 Å². The van der Waals surface area contributed by atoms with Crippen molar-refractivity contribution in [3.8, 4) is 0 Å². The van der Waals surface area contributed by atoms with Gasteiger partial charge in [0.05, 0.1) is 18.1 Å². The first-order valence-corrected chi connectivity index (χ1v) is 12.5. The van der Waals surface area contributed by atoms with Crippen molar-refractivity contribution in [2.45, 2.75) is 88.3 Å². The van der Waals surface area contributed by atoms with Crippen molar-refractivity contribution >= 4 is 28.7 Å². The fourth-order valence-electron chi connectivity index (χ4n) is 6.15. The van der Waals surface area contributed by atoms with Crippen molar-refractivity contribution in [2.24, 2.45) is 0 Å². The average molecular weight is 464 g/mol. The predicted molar refractivity (Wildman–Crippen MR) is 127 cm³/mol. The average Bonchev–Trinajstić information content (AvgIpc) is 3.26. The number of hydrogen-bond acceptors (Lipinski definition) is 7. The van der Waals surface area contributed by atoms with Gasteiger partial charge in [-0.2, -0.15) is 4.98 Å². The molecule has 2 aliphatic carbocycles. The Morgan fingerprint density at radius 3 is 2.24 bits per heavy atom. The minimum Gasteiger partial charge on any atom is -0.351 e. The summed E-state index contributed by atoms with van der Waals surface area (Å²) < 4.78 is 15.3. The Hall–Kier alpha value is -3.10. The zero-order valence-corrected chi connectivity index (χ0v) is 19.3. The number of nitrogens with one attached hydrogen (secondary N) is 2. The number of rotatable bonds is 4. The van der Waals surface area contributed by atoms with Crippen LogP contribution in [0.15, 0.2) is 24.7 Å². The van der Waals surface area contributed by atoms with Gasteiger partial charge in [-0.25, -0.2) is 19.3 Å². The molecule has 2 fully saturated rings. The number of carbonyl (C=O) groups excluding carboxylic acids is 1. The minimum atomic E-state index is -0.432. The summed E-state index contributed by atoms with van der Waals surface area (Å²) in [7, 11) is 0. The van der Waals surface area contributed by atoms with E-state index in [2.05, 4.69) is 30.2 Å². The zero-order valence-electron chi connectivity index (χ0n) is 19.3. The second-order valence-corrected chi connectivity index (χ2v) is 10.1. The number of Topliss-reactive ketones (excluding diaryl/α,β-unsaturated/α-hetero) is 1. The molecule has 0 unspecified atom stereocenters. The molecule has 0 saturated heterocycles. The van der Waals surface area contributed by atoms with Gasteiger partial charge in [0.1, 0.15) is 5.65 Å². The quantitative estimate of drug-likeness (QED) is 0.572. The third kappa shape index (κ3) is 3.91. The van der Waals surface area contributed by atoms with Crippen LogP contribution < -0.4 is 10.6 Å². The second-order valence-electron chi connectivity index (χ2n) is 10.1. The molecule has 0 bridgehead atoms. The molecule has 3 aliphatic rings. The third-order valence-corrected chi connectivity index (χ3v) is 7.92. The molecule has 2 N–H and O–H groups in total. The maximum absolute atomic E-state index is 13.0. The van der Waals surface area contributed by atoms with E-state index in [0.717, 1.165) is 61.7 Å². The summed E-state index contributed by atoms with van der Waals surface area (Å²) in [5.41, 5.74) is 1.73. The molecule has 0 radical (unpaired) electrons. The number of anilines is 2. The van der Waals surface area contributed by atoms with Crippen molar-refractivity contribution in [1.29, 1.82) is 0 Å². The molecule has 1 spiro atoms. The summed E-state index contributed by atoms with van der Waals surface area (Å²) in [6.07, 6.45) is 15.6. The molecule has 178 valence electrons. The summed E-state index contributed by atoms with van der Waals surface area (Å²) in [5, 5.41) is 7.79. The van der Waals surface area contributed by atoms with Gasteiger partial charge in [-0.05, 0) is 51.0 Å². The topological polar surface area (TPSA) is 97.6 Å². The van der Waals surface area contributed by atoms with Gasteiger partial charge in [0.2, 0.25) is 11.9 Å². The molecule has 0 amide bonds. The molecule has 6 rings (SSSR count). The first-order chi connectivity index (χ1) is 16.6. The highest BCUT2D eigenvalue weighted by Gasteiger charge is 2.41. The number of ketones is 1. The molecular weight excluding hydrogens is 433 g/mol. The second kappa shape index (κ2) is 8.60. The molecule has 1 aliphatic heterocycles. The highest BCUT2D eigenvalue weighted by atomic mass is 19.1. The van der Waals surface area contributed by atoms with Crippen molar-refractivity contribution in [2.75, 3.05) is 10.6 Å². The number of nitrogens with zero attached hydrogens (tertiary/aromatic N) is 5. The Balaban J connectivity index is 1.18. The van der Waals surface area contributed by atoms with Crippen LogP contribution in [0.25, 0.3) is 11.0 Å². The minimum absolute atomic E-state index is 0.0288. The zero-order chi connectivity index (χ0) is 23.1. The lowest BCUT2D eigenvalue weighted by atomic mass is 9.75. The Morgan fingerprint density at radius 1 is 0.882 bits per heavy atom. The normalized spacial score (nSPS) is 24.2. The smallest absolute Gasteiger partial charge is 0.224 e. The van der Waals surface area contributed by atoms with Crippen molar-refractivity contribution in [3.05, 3.63) is 36.2 Å². The summed E-state index contributed by atoms with van der Waals surface area (Å²) in [6.45, 7) is 0. The van der Waals surface area contributed by atoms with Crippen LogP contribution in [0.2, 0.25) is 0 Å². The predicted octanol–water partition coefficient (Wildman–Crippen LogP) is 4.83. The van der Waals surface area contributed by atoms with Gasteiger partial charge in [0, 0.05) is 35.6 Å². The van der Waals surface area contributed by atoms with E-state index in [-0.39, 0.29) is 23.4 Å². The lowest BCUT2D eigenvalue weighted by molar-refractivity contribution is 0.0852. The van der Waals surface area contributed by atoms with Crippen LogP contribution >= 0.6 is 0 Å². The van der Waals surface area contributed by atoms with E-state index in [1.807, 2.05) is 12.3 Å². The molecular formula is C25H30FN7O. The van der Waals surface area contributed by atoms with Crippen LogP contribution in [0, 0.1) is 5.82 Å². The molecule has 2 saturated carbocycles. The van der Waals surface area contributed by atoms with Crippen LogP contribution in [-0.4, -0.2) is 42.4 Å². The summed E-state index contributed by atoms with van der Waals surface area (Å²) >= 11 is 0. The number of carbonyl (C=O) groups is 1. The van der Waals surface area contributed by atoms with E-state index in [0.29, 0.717) is 18.3 Å². The van der Waals surface area contributed by atoms with Gasteiger partial charge in [-0.15, -0.1) is 0 Å². The Morgan fingerprint density at radius 2 is 1.53 bits per heavy atom. The van der Waals surface area contributed by atoms with Crippen LogP contribution in [0.5, 0.6) is 0 Å². The molecule has 4 heterocycles. The molecule has 0 aromatic carbocycles. The standard InChI is InChI=1S/C25H30FN7O/c26-17-14-28-23(29-15-17)30-18-4-6-19(7-5-18)31-24-27-13-16-12-20-21(34)8-11-25(9-2-1-3-10-25)33(20)22(16)32-24/h12-15,18-19H,1-11H2,(H,27,31,32)(H,28,29,30). The van der Waals surface area contributed by atoms with E-state index in [1.165, 1.54) is 31.7 Å². The lowest BCUT2D eigenvalue weighted by Gasteiger charge is -2.42. The molecule has 0 atom stereocenters. The van der Waals surface area contributed by atoms with Gasteiger partial charge in [0.15, 0.2) is 11.6 Å². The number of fused-ring (bicyclic) bond motifs is 4. The van der Waals surface area contributed by atoms with Crippen molar-refractivity contribution in [1.82, 2.24) is 24.5 Å². The van der Waals surface area contributed by atoms with E-state index in [4.69, 9.17) is 4.98 Å². The highest BCUT2D eigenvalue weighted by Crippen LogP contribution is 2.45. The maximum atomic E-state index is 13.0. The SMILES string of the molecule is O=C1CCC2(CCCCC2)n2c1cc1cnc(NC3CCC(Nc4ncc(F)cn4)CC3)nc12. The lowest BCUT2D eigenvalue weighted by Crippen LogP contribution is -2.41. The van der Waals surface area contributed by atoms with Gasteiger partial charge >= 0.3 is 0 Å². The maximum Gasteiger partial charge on any atom is 0.224 e. The van der Waals surface area contributed by atoms with Crippen LogP contribution in [-0.2, 0) is 5.54 Å². The molecule has 9 heteroatoms. The first kappa shape index (κ1) is 21.4. The number of halogens is 1. The Kier molecular flexibility index (Phi) is 5.42. The Bertz CT molecular complexity index is 1190. The van der Waals surface area contributed by atoms with E-state index in [9.17, 15) is 9.18 Å². The highest BCUT2D eigenvalue weighted by molar-refractivity contribution is 6.00. The molecule has 8 nitrogen and oxygen atoms in total. The molecule has 3 aromatic heterocycles. The first-order valence-electron chi connectivity index (χ1n) is 12.5. The monoisotopic (exact) mass is 463 g/mol. The summed E-state index contributed by atoms with van der Waals surface area (Å²) in [6, 6.07) is 2.54. The van der Waals surface area contributed by atoms with Crippen molar-refractivity contribution in [3.63, 3.8) is 0 Å². The Labute approximate surface area is 197 Å². The van der Waals surface area contributed by atoms with Crippen molar-refractivity contribution < 1.29 is 9.18 Å². The molecule has 3 aromatic rings. The van der Waals surface area contributed by atoms with Crippen LogP contribution in [0.1, 0.15) is 81.1 Å². The van der Waals surface area contributed by atoms with Gasteiger partial charge < -0.3 is 15.2 Å². The van der Waals surface area contributed by atoms with E-state index in [1.54, 1.807) is 0 Å².